The fraction of sp³-hybridized carbons (Fsp3) is 0.385. The Morgan fingerprint density at radius 1 is 1.23 bits per heavy atom. The second-order valence-electron chi connectivity index (χ2n) is 3.96. The van der Waals surface area contributed by atoms with Crippen molar-refractivity contribution in [3.63, 3.8) is 0 Å². The smallest absolute Gasteiger partial charge is 0.00635 e. The molecule has 0 unspecified atom stereocenters. The summed E-state index contributed by atoms with van der Waals surface area (Å²) in [5.74, 6) is 0. The average molecular weight is 172 g/mol. The molecule has 1 aromatic rings. The van der Waals surface area contributed by atoms with Crippen molar-refractivity contribution < 1.29 is 0 Å². The molecule has 1 aromatic carbocycles. The van der Waals surface area contributed by atoms with Gasteiger partial charge in [0.2, 0.25) is 0 Å². The molecular formula is C13H16. The molecule has 0 N–H and O–H groups in total. The van der Waals surface area contributed by atoms with Crippen LogP contribution in [0.1, 0.15) is 30.0 Å². The summed E-state index contributed by atoms with van der Waals surface area (Å²) in [5.41, 5.74) is 5.85. The quantitative estimate of drug-likeness (QED) is 0.600. The van der Waals surface area contributed by atoms with Gasteiger partial charge >= 0.3 is 0 Å². The molecule has 13 heavy (non-hydrogen) atoms. The molecule has 0 saturated carbocycles. The number of aryl methyl sites for hydroxylation is 1. The molecule has 1 aliphatic carbocycles. The van der Waals surface area contributed by atoms with Gasteiger partial charge in [-0.25, -0.2) is 0 Å². The normalized spacial score (nSPS) is 14.7. The minimum atomic E-state index is 1.10. The topological polar surface area (TPSA) is 0 Å². The molecular weight excluding hydrogens is 156 g/mol. The number of hydrogen-bond donors (Lipinski definition) is 0. The van der Waals surface area contributed by atoms with Crippen LogP contribution in [-0.4, -0.2) is 0 Å². The first-order valence-electron chi connectivity index (χ1n) is 5.07. The Balaban J connectivity index is 2.29. The van der Waals surface area contributed by atoms with Gasteiger partial charge in [-0.3, -0.25) is 0 Å². The Hall–Kier alpha value is -1.04. The van der Waals surface area contributed by atoms with Crippen molar-refractivity contribution in [2.75, 3.05) is 0 Å². The van der Waals surface area contributed by atoms with Gasteiger partial charge in [0.15, 0.2) is 0 Å². The summed E-state index contributed by atoms with van der Waals surface area (Å²) in [6.07, 6.45) is 4.65. The number of rotatable bonds is 2. The van der Waals surface area contributed by atoms with Crippen LogP contribution in [0, 0.1) is 0 Å². The average Bonchev–Trinajstić information content (AvgIpc) is 2.44. The summed E-state index contributed by atoms with van der Waals surface area (Å²) in [6.45, 7) is 6.27. The van der Waals surface area contributed by atoms with Crippen LogP contribution in [0.15, 0.2) is 30.4 Å². The summed E-state index contributed by atoms with van der Waals surface area (Å²) in [5, 5.41) is 0. The lowest BCUT2D eigenvalue weighted by atomic mass is 10.0. The van der Waals surface area contributed by atoms with Gasteiger partial charge in [0, 0.05) is 0 Å². The van der Waals surface area contributed by atoms with E-state index in [0.717, 1.165) is 12.8 Å². The van der Waals surface area contributed by atoms with Crippen LogP contribution in [0.3, 0.4) is 0 Å². The number of benzene rings is 1. The molecule has 1 aliphatic rings. The third-order valence-electron chi connectivity index (χ3n) is 2.69. The van der Waals surface area contributed by atoms with Gasteiger partial charge in [-0.2, -0.15) is 0 Å². The molecule has 68 valence electrons. The van der Waals surface area contributed by atoms with Crippen molar-refractivity contribution in [3.05, 3.63) is 47.0 Å². The molecule has 0 bridgehead atoms. The Morgan fingerprint density at radius 3 is 2.77 bits per heavy atom. The number of hydrogen-bond acceptors (Lipinski definition) is 0. The van der Waals surface area contributed by atoms with E-state index in [9.17, 15) is 0 Å². The zero-order chi connectivity index (χ0) is 9.26. The van der Waals surface area contributed by atoms with E-state index in [-0.39, 0.29) is 0 Å². The fourth-order valence-corrected chi connectivity index (χ4v) is 2.06. The van der Waals surface area contributed by atoms with E-state index >= 15 is 0 Å². The van der Waals surface area contributed by atoms with E-state index in [2.05, 4.69) is 31.7 Å². The SMILES string of the molecule is C=C1Cc2ccc(CCC)cc2C1. The van der Waals surface area contributed by atoms with Crippen LogP contribution < -0.4 is 0 Å². The molecule has 2 rings (SSSR count). The van der Waals surface area contributed by atoms with Crippen molar-refractivity contribution in [3.8, 4) is 0 Å². The predicted molar refractivity (Wildman–Crippen MR) is 57.0 cm³/mol. The summed E-state index contributed by atoms with van der Waals surface area (Å²) in [7, 11) is 0. The van der Waals surface area contributed by atoms with Gasteiger partial charge < -0.3 is 0 Å². The van der Waals surface area contributed by atoms with Crippen molar-refractivity contribution in [2.24, 2.45) is 0 Å². The van der Waals surface area contributed by atoms with Crippen LogP contribution in [0.2, 0.25) is 0 Å². The highest BCUT2D eigenvalue weighted by atomic mass is 14.2. The van der Waals surface area contributed by atoms with Gasteiger partial charge in [-0.15, -0.1) is 0 Å². The van der Waals surface area contributed by atoms with E-state index in [1.165, 1.54) is 35.1 Å². The van der Waals surface area contributed by atoms with Gasteiger partial charge in [0.1, 0.15) is 0 Å². The molecule has 0 amide bonds. The van der Waals surface area contributed by atoms with E-state index in [1.807, 2.05) is 0 Å². The van der Waals surface area contributed by atoms with E-state index < -0.39 is 0 Å². The van der Waals surface area contributed by atoms with E-state index in [1.54, 1.807) is 0 Å². The fourth-order valence-electron chi connectivity index (χ4n) is 2.06. The predicted octanol–water partition coefficient (Wildman–Crippen LogP) is 3.29. The molecule has 0 saturated heterocycles. The first-order valence-corrected chi connectivity index (χ1v) is 5.07. The lowest BCUT2D eigenvalue weighted by molar-refractivity contribution is 0.919. The van der Waals surface area contributed by atoms with Crippen molar-refractivity contribution >= 4 is 0 Å². The Labute approximate surface area is 80.3 Å². The van der Waals surface area contributed by atoms with Crippen molar-refractivity contribution in [2.45, 2.75) is 32.6 Å². The highest BCUT2D eigenvalue weighted by Gasteiger charge is 2.13. The minimum absolute atomic E-state index is 1.10. The van der Waals surface area contributed by atoms with Gasteiger partial charge in [0.05, 0.1) is 0 Å². The first kappa shape index (κ1) is 8.55. The van der Waals surface area contributed by atoms with E-state index in [0.29, 0.717) is 0 Å². The molecule has 0 nitrogen and oxygen atoms in total. The first-order chi connectivity index (χ1) is 6.29. The van der Waals surface area contributed by atoms with Gasteiger partial charge in [-0.05, 0) is 36.0 Å². The summed E-state index contributed by atoms with van der Waals surface area (Å²) < 4.78 is 0. The molecule has 0 heteroatoms. The third-order valence-corrected chi connectivity index (χ3v) is 2.69. The van der Waals surface area contributed by atoms with Crippen LogP contribution in [0.4, 0.5) is 0 Å². The largest absolute Gasteiger partial charge is 0.0992 e. The molecule has 0 fully saturated rings. The van der Waals surface area contributed by atoms with Crippen LogP contribution in [0.5, 0.6) is 0 Å². The summed E-state index contributed by atoms with van der Waals surface area (Å²) >= 11 is 0. The van der Waals surface area contributed by atoms with Crippen LogP contribution in [-0.2, 0) is 19.3 Å². The second-order valence-corrected chi connectivity index (χ2v) is 3.96. The standard InChI is InChI=1S/C13H16/c1-3-4-11-5-6-12-7-10(2)8-13(12)9-11/h5-6,9H,2-4,7-8H2,1H3. The summed E-state index contributed by atoms with van der Waals surface area (Å²) in [6, 6.07) is 6.90. The second kappa shape index (κ2) is 3.37. The van der Waals surface area contributed by atoms with Crippen molar-refractivity contribution in [1.29, 1.82) is 0 Å². The maximum atomic E-state index is 4.04. The minimum Gasteiger partial charge on any atom is -0.0992 e. The lowest BCUT2D eigenvalue weighted by Crippen LogP contribution is -1.87. The number of allylic oxidation sites excluding steroid dienone is 1. The molecule has 0 aromatic heterocycles. The Bertz CT molecular complexity index is 334. The monoisotopic (exact) mass is 172 g/mol. The zero-order valence-electron chi connectivity index (χ0n) is 8.27. The maximum Gasteiger partial charge on any atom is -0.00635 e. The molecule has 0 aliphatic heterocycles. The Morgan fingerprint density at radius 2 is 2.00 bits per heavy atom. The summed E-state index contributed by atoms with van der Waals surface area (Å²) in [4.78, 5) is 0. The number of fused-ring (bicyclic) bond motifs is 1. The zero-order valence-corrected chi connectivity index (χ0v) is 8.27. The highest BCUT2D eigenvalue weighted by molar-refractivity contribution is 5.42. The van der Waals surface area contributed by atoms with Crippen molar-refractivity contribution in [1.82, 2.24) is 0 Å². The van der Waals surface area contributed by atoms with Crippen LogP contribution in [0.25, 0.3) is 0 Å². The van der Waals surface area contributed by atoms with E-state index in [4.69, 9.17) is 0 Å². The van der Waals surface area contributed by atoms with Gasteiger partial charge in [0.25, 0.3) is 0 Å². The van der Waals surface area contributed by atoms with Gasteiger partial charge in [-0.1, -0.05) is 43.7 Å². The molecule has 0 radical (unpaired) electrons. The highest BCUT2D eigenvalue weighted by Crippen LogP contribution is 2.26. The maximum absolute atomic E-state index is 4.04. The van der Waals surface area contributed by atoms with Crippen LogP contribution >= 0.6 is 0 Å². The molecule has 0 atom stereocenters. The molecule has 0 heterocycles. The Kier molecular flexibility index (Phi) is 2.22. The molecule has 0 spiro atoms. The lowest BCUT2D eigenvalue weighted by Gasteiger charge is -2.02. The third kappa shape index (κ3) is 1.67.